The Kier molecular flexibility index (Phi) is 2.05. The number of nitrogens with one attached hydrogen (secondary N) is 1. The first-order valence-corrected chi connectivity index (χ1v) is 5.91. The minimum atomic E-state index is -1.07. The molecule has 3 aliphatic rings. The Morgan fingerprint density at radius 1 is 1.22 bits per heavy atom. The Hall–Kier alpha value is -1.92. The van der Waals surface area contributed by atoms with E-state index in [0.717, 1.165) is 4.90 Å². The van der Waals surface area contributed by atoms with Gasteiger partial charge in [0.1, 0.15) is 11.5 Å². The van der Waals surface area contributed by atoms with Crippen LogP contribution < -0.4 is 5.32 Å². The molecule has 1 unspecified atom stereocenters. The van der Waals surface area contributed by atoms with Crippen molar-refractivity contribution in [1.29, 1.82) is 0 Å². The number of hydrogen-bond donors (Lipinski definition) is 1. The van der Waals surface area contributed by atoms with Gasteiger partial charge in [0.2, 0.25) is 17.7 Å². The zero-order chi connectivity index (χ0) is 13.1. The lowest BCUT2D eigenvalue weighted by Gasteiger charge is -2.33. The summed E-state index contributed by atoms with van der Waals surface area (Å²) in [4.78, 5) is 50.0. The van der Waals surface area contributed by atoms with Gasteiger partial charge in [0.05, 0.1) is 0 Å². The maximum Gasteiger partial charge on any atom is 0.331 e. The Morgan fingerprint density at radius 3 is 2.39 bits per heavy atom. The molecule has 96 valence electrons. The SMILES string of the molecule is CN1CCC(N2C(=O)NC(=O)C3(CC3)C2=O)C1=O. The molecule has 3 rings (SSSR count). The fourth-order valence-electron chi connectivity index (χ4n) is 2.59. The van der Waals surface area contributed by atoms with Gasteiger partial charge in [-0.25, -0.2) is 4.79 Å². The molecular formula is C11H13N3O4. The second-order valence-electron chi connectivity index (χ2n) is 5.08. The van der Waals surface area contributed by atoms with Crippen LogP contribution in [0.4, 0.5) is 4.79 Å². The summed E-state index contributed by atoms with van der Waals surface area (Å²) in [5, 5.41) is 2.18. The lowest BCUT2D eigenvalue weighted by Crippen LogP contribution is -2.63. The summed E-state index contributed by atoms with van der Waals surface area (Å²) in [7, 11) is 1.63. The summed E-state index contributed by atoms with van der Waals surface area (Å²) in [6.07, 6.45) is 1.34. The third-order valence-corrected chi connectivity index (χ3v) is 3.96. The quantitative estimate of drug-likeness (QED) is 0.610. The number of imide groups is 2. The minimum absolute atomic E-state index is 0.247. The molecule has 1 saturated carbocycles. The van der Waals surface area contributed by atoms with Gasteiger partial charge in [0, 0.05) is 13.6 Å². The number of likely N-dealkylation sites (tertiary alicyclic amines) is 1. The Bertz CT molecular complexity index is 483. The van der Waals surface area contributed by atoms with Gasteiger partial charge < -0.3 is 4.90 Å². The summed E-state index contributed by atoms with van der Waals surface area (Å²) in [5.41, 5.74) is -1.07. The average molecular weight is 251 g/mol. The summed E-state index contributed by atoms with van der Waals surface area (Å²) >= 11 is 0. The molecule has 2 saturated heterocycles. The topological polar surface area (TPSA) is 86.8 Å². The van der Waals surface area contributed by atoms with Crippen molar-refractivity contribution >= 4 is 23.8 Å². The van der Waals surface area contributed by atoms with E-state index in [9.17, 15) is 19.2 Å². The lowest BCUT2D eigenvalue weighted by atomic mass is 10.00. The molecule has 1 N–H and O–H groups in total. The van der Waals surface area contributed by atoms with Crippen LogP contribution in [0.2, 0.25) is 0 Å². The molecule has 1 aliphatic carbocycles. The zero-order valence-electron chi connectivity index (χ0n) is 9.93. The predicted octanol–water partition coefficient (Wildman–Crippen LogP) is -0.924. The Labute approximate surface area is 103 Å². The molecule has 0 bridgehead atoms. The average Bonchev–Trinajstić information content (AvgIpc) is 3.06. The van der Waals surface area contributed by atoms with Crippen LogP contribution >= 0.6 is 0 Å². The fraction of sp³-hybridized carbons (Fsp3) is 0.636. The monoisotopic (exact) mass is 251 g/mol. The van der Waals surface area contributed by atoms with E-state index in [1.54, 1.807) is 7.05 Å². The van der Waals surface area contributed by atoms with E-state index >= 15 is 0 Å². The lowest BCUT2D eigenvalue weighted by molar-refractivity contribution is -0.149. The van der Waals surface area contributed by atoms with E-state index in [1.807, 2.05) is 0 Å². The first kappa shape index (κ1) is 11.2. The molecule has 1 spiro atoms. The van der Waals surface area contributed by atoms with E-state index in [0.29, 0.717) is 25.8 Å². The summed E-state index contributed by atoms with van der Waals surface area (Å²) < 4.78 is 0. The number of carbonyl (C=O) groups excluding carboxylic acids is 4. The van der Waals surface area contributed by atoms with Crippen LogP contribution in [0.25, 0.3) is 0 Å². The summed E-state index contributed by atoms with van der Waals surface area (Å²) in [6, 6.07) is -1.52. The molecule has 2 heterocycles. The van der Waals surface area contributed by atoms with Gasteiger partial charge in [-0.05, 0) is 19.3 Å². The number of hydrogen-bond acceptors (Lipinski definition) is 4. The molecule has 5 amide bonds. The highest BCUT2D eigenvalue weighted by Crippen LogP contribution is 2.49. The van der Waals surface area contributed by atoms with Crippen LogP contribution in [0.3, 0.4) is 0 Å². The van der Waals surface area contributed by atoms with Crippen LogP contribution in [0.15, 0.2) is 0 Å². The van der Waals surface area contributed by atoms with Crippen molar-refractivity contribution in [3.8, 4) is 0 Å². The van der Waals surface area contributed by atoms with Crippen LogP contribution in [0.5, 0.6) is 0 Å². The zero-order valence-corrected chi connectivity index (χ0v) is 9.93. The van der Waals surface area contributed by atoms with Gasteiger partial charge in [-0.15, -0.1) is 0 Å². The number of urea groups is 1. The standard InChI is InChI=1S/C11H13N3O4/c1-13-5-2-6(7(13)15)14-9(17)11(3-4-11)8(16)12-10(14)18/h6H,2-5H2,1H3,(H,12,16,18). The van der Waals surface area contributed by atoms with Gasteiger partial charge in [0.15, 0.2) is 0 Å². The maximum atomic E-state index is 12.2. The second kappa shape index (κ2) is 3.30. The number of nitrogens with zero attached hydrogens (tertiary/aromatic N) is 2. The van der Waals surface area contributed by atoms with Crippen molar-refractivity contribution in [2.24, 2.45) is 5.41 Å². The highest BCUT2D eigenvalue weighted by Gasteiger charge is 2.64. The van der Waals surface area contributed by atoms with Crippen molar-refractivity contribution < 1.29 is 19.2 Å². The fourth-order valence-corrected chi connectivity index (χ4v) is 2.59. The van der Waals surface area contributed by atoms with Gasteiger partial charge >= 0.3 is 6.03 Å². The number of barbiturate groups is 1. The van der Waals surface area contributed by atoms with Crippen molar-refractivity contribution in [1.82, 2.24) is 15.1 Å². The molecule has 0 radical (unpaired) electrons. The molecule has 1 atom stereocenters. The van der Waals surface area contributed by atoms with Crippen LogP contribution in [-0.4, -0.2) is 53.2 Å². The molecule has 2 aliphatic heterocycles. The van der Waals surface area contributed by atoms with Crippen LogP contribution in [0.1, 0.15) is 19.3 Å². The molecule has 7 nitrogen and oxygen atoms in total. The third-order valence-electron chi connectivity index (χ3n) is 3.96. The smallest absolute Gasteiger partial charge is 0.331 e. The predicted molar refractivity (Wildman–Crippen MR) is 58.1 cm³/mol. The van der Waals surface area contributed by atoms with Gasteiger partial charge in [-0.1, -0.05) is 0 Å². The molecular weight excluding hydrogens is 238 g/mol. The first-order valence-electron chi connectivity index (χ1n) is 5.91. The number of rotatable bonds is 1. The molecule has 18 heavy (non-hydrogen) atoms. The van der Waals surface area contributed by atoms with Crippen molar-refractivity contribution in [2.75, 3.05) is 13.6 Å². The second-order valence-corrected chi connectivity index (χ2v) is 5.08. The maximum absolute atomic E-state index is 12.2. The van der Waals surface area contributed by atoms with E-state index in [1.165, 1.54) is 4.90 Å². The third kappa shape index (κ3) is 1.24. The van der Waals surface area contributed by atoms with Gasteiger partial charge in [-0.2, -0.15) is 0 Å². The van der Waals surface area contributed by atoms with Crippen molar-refractivity contribution in [3.63, 3.8) is 0 Å². The number of amides is 5. The number of carbonyl (C=O) groups is 4. The Balaban J connectivity index is 1.92. The van der Waals surface area contributed by atoms with Crippen molar-refractivity contribution in [3.05, 3.63) is 0 Å². The van der Waals surface area contributed by atoms with E-state index in [-0.39, 0.29) is 5.91 Å². The molecule has 0 aromatic rings. The van der Waals surface area contributed by atoms with Gasteiger partial charge in [-0.3, -0.25) is 24.6 Å². The molecule has 7 heteroatoms. The first-order chi connectivity index (χ1) is 8.47. The summed E-state index contributed by atoms with van der Waals surface area (Å²) in [6.45, 7) is 0.515. The van der Waals surface area contributed by atoms with E-state index in [2.05, 4.69) is 5.32 Å². The molecule has 0 aromatic heterocycles. The van der Waals surface area contributed by atoms with Crippen LogP contribution in [-0.2, 0) is 14.4 Å². The largest absolute Gasteiger partial charge is 0.344 e. The highest BCUT2D eigenvalue weighted by molar-refractivity contribution is 6.22. The molecule has 0 aromatic carbocycles. The normalized spacial score (nSPS) is 30.2. The molecule has 3 fully saturated rings. The van der Waals surface area contributed by atoms with E-state index in [4.69, 9.17) is 0 Å². The number of likely N-dealkylation sites (N-methyl/N-ethyl adjacent to an activating group) is 1. The summed E-state index contributed by atoms with van der Waals surface area (Å²) in [5.74, 6) is -1.28. The van der Waals surface area contributed by atoms with Crippen LogP contribution in [0, 0.1) is 5.41 Å². The van der Waals surface area contributed by atoms with Gasteiger partial charge in [0.25, 0.3) is 0 Å². The van der Waals surface area contributed by atoms with Crippen molar-refractivity contribution in [2.45, 2.75) is 25.3 Å². The Morgan fingerprint density at radius 2 is 1.89 bits per heavy atom. The highest BCUT2D eigenvalue weighted by atomic mass is 16.2. The van der Waals surface area contributed by atoms with E-state index < -0.39 is 29.3 Å². The minimum Gasteiger partial charge on any atom is -0.344 e.